The van der Waals surface area contributed by atoms with Gasteiger partial charge >= 0.3 is 5.97 Å². The molecule has 0 saturated heterocycles. The van der Waals surface area contributed by atoms with E-state index in [4.69, 9.17) is 21.1 Å². The zero-order chi connectivity index (χ0) is 23.4. The van der Waals surface area contributed by atoms with Crippen LogP contribution in [0.3, 0.4) is 0 Å². The van der Waals surface area contributed by atoms with Gasteiger partial charge in [0.05, 0.1) is 14.2 Å². The Morgan fingerprint density at radius 3 is 2.55 bits per heavy atom. The summed E-state index contributed by atoms with van der Waals surface area (Å²) in [6.07, 6.45) is 0.160. The molecule has 3 aromatic carbocycles. The van der Waals surface area contributed by atoms with E-state index in [9.17, 15) is 9.59 Å². The number of fused-ring (bicyclic) bond motifs is 1. The molecule has 33 heavy (non-hydrogen) atoms. The largest absolute Gasteiger partial charge is 0.497 e. The summed E-state index contributed by atoms with van der Waals surface area (Å²) in [5.74, 6) is 0.106. The Kier molecular flexibility index (Phi) is 6.96. The van der Waals surface area contributed by atoms with Gasteiger partial charge in [-0.2, -0.15) is 0 Å². The van der Waals surface area contributed by atoms with Crippen LogP contribution in [0.15, 0.2) is 72.8 Å². The Morgan fingerprint density at radius 1 is 1.06 bits per heavy atom. The number of halogens is 1. The van der Waals surface area contributed by atoms with Crippen LogP contribution in [0.5, 0.6) is 5.75 Å². The second-order valence-corrected chi connectivity index (χ2v) is 8.20. The van der Waals surface area contributed by atoms with Crippen LogP contribution in [0.1, 0.15) is 39.3 Å². The quantitative estimate of drug-likeness (QED) is 0.495. The molecular formula is C26H25ClN2O4. The van der Waals surface area contributed by atoms with E-state index in [1.807, 2.05) is 66.7 Å². The van der Waals surface area contributed by atoms with Crippen molar-refractivity contribution in [1.82, 2.24) is 10.2 Å². The number of carbonyl (C=O) groups excluding carboxylic acids is 2. The fourth-order valence-corrected chi connectivity index (χ4v) is 4.20. The molecule has 4 rings (SSSR count). The summed E-state index contributed by atoms with van der Waals surface area (Å²) in [7, 11) is 2.92. The van der Waals surface area contributed by atoms with Crippen molar-refractivity contribution in [1.29, 1.82) is 0 Å². The Labute approximate surface area is 198 Å². The van der Waals surface area contributed by atoms with Crippen molar-refractivity contribution < 1.29 is 19.1 Å². The Balaban J connectivity index is 1.65. The first-order valence-electron chi connectivity index (χ1n) is 10.6. The second kappa shape index (κ2) is 10.1. The molecule has 0 bridgehead atoms. The highest BCUT2D eigenvalue weighted by Crippen LogP contribution is 2.34. The van der Waals surface area contributed by atoms with Crippen LogP contribution in [0, 0.1) is 0 Å². The number of amides is 1. The molecule has 1 N–H and O–H groups in total. The van der Waals surface area contributed by atoms with E-state index in [2.05, 4.69) is 5.32 Å². The van der Waals surface area contributed by atoms with Gasteiger partial charge in [0.2, 0.25) is 0 Å². The Morgan fingerprint density at radius 2 is 1.82 bits per heavy atom. The highest BCUT2D eigenvalue weighted by molar-refractivity contribution is 6.30. The van der Waals surface area contributed by atoms with E-state index < -0.39 is 18.2 Å². The first-order chi connectivity index (χ1) is 16.0. The predicted octanol–water partition coefficient (Wildman–Crippen LogP) is 4.55. The van der Waals surface area contributed by atoms with E-state index >= 15 is 0 Å². The van der Waals surface area contributed by atoms with Crippen molar-refractivity contribution in [2.45, 2.75) is 18.6 Å². The van der Waals surface area contributed by atoms with Gasteiger partial charge in [-0.1, -0.05) is 54.1 Å². The lowest BCUT2D eigenvalue weighted by molar-refractivity contribution is -0.144. The Hall–Kier alpha value is -3.35. The average Bonchev–Trinajstić information content (AvgIpc) is 3.12. The van der Waals surface area contributed by atoms with Gasteiger partial charge in [-0.05, 0) is 47.9 Å². The first kappa shape index (κ1) is 22.8. The summed E-state index contributed by atoms with van der Waals surface area (Å²) in [6, 6.07) is 21.5. The minimum Gasteiger partial charge on any atom is -0.497 e. The molecule has 1 aliphatic rings. The summed E-state index contributed by atoms with van der Waals surface area (Å²) >= 11 is 6.00. The van der Waals surface area contributed by atoms with Crippen LogP contribution in [0.2, 0.25) is 5.02 Å². The molecule has 2 atom stereocenters. The van der Waals surface area contributed by atoms with E-state index in [0.29, 0.717) is 34.9 Å². The number of ether oxygens (including phenoxy) is 2. The van der Waals surface area contributed by atoms with E-state index in [0.717, 1.165) is 11.1 Å². The zero-order valence-corrected chi connectivity index (χ0v) is 19.2. The van der Waals surface area contributed by atoms with Crippen molar-refractivity contribution >= 4 is 23.5 Å². The van der Waals surface area contributed by atoms with Crippen molar-refractivity contribution in [3.05, 3.63) is 100 Å². The van der Waals surface area contributed by atoms with Crippen molar-refractivity contribution in [3.63, 3.8) is 0 Å². The number of benzene rings is 3. The van der Waals surface area contributed by atoms with Gasteiger partial charge in [-0.15, -0.1) is 0 Å². The van der Waals surface area contributed by atoms with Gasteiger partial charge in [-0.25, -0.2) is 4.79 Å². The molecule has 3 aromatic rings. The lowest BCUT2D eigenvalue weighted by Crippen LogP contribution is -2.42. The Bertz CT molecular complexity index is 1150. The van der Waals surface area contributed by atoms with Gasteiger partial charge < -0.3 is 14.4 Å². The smallest absolute Gasteiger partial charge is 0.327 e. The molecule has 0 aromatic heterocycles. The molecular weight excluding hydrogens is 440 g/mol. The second-order valence-electron chi connectivity index (χ2n) is 7.76. The average molecular weight is 465 g/mol. The maximum atomic E-state index is 13.3. The van der Waals surface area contributed by atoms with Gasteiger partial charge in [0.1, 0.15) is 18.0 Å². The fourth-order valence-electron chi connectivity index (χ4n) is 4.08. The number of hydrogen-bond donors (Lipinski definition) is 1. The minimum atomic E-state index is -0.785. The van der Waals surface area contributed by atoms with Gasteiger partial charge in [-0.3, -0.25) is 10.1 Å². The standard InChI is InChI=1S/C26H25ClN2O4/c1-32-20-7-5-6-18(16-20)23(26(31)33-2)28-24-21-8-3-4-9-22(21)25(30)29(24)15-14-17-10-12-19(27)13-11-17/h3-13,16,23-24,28H,14-15H2,1-2H3/t23-,24+/m1/s1. The molecule has 0 spiro atoms. The summed E-state index contributed by atoms with van der Waals surface area (Å²) in [5.41, 5.74) is 3.21. The van der Waals surface area contributed by atoms with Crippen LogP contribution in [-0.2, 0) is 16.0 Å². The number of esters is 1. The van der Waals surface area contributed by atoms with Crippen LogP contribution in [-0.4, -0.2) is 37.5 Å². The molecule has 0 saturated carbocycles. The molecule has 0 aliphatic carbocycles. The third kappa shape index (κ3) is 4.87. The molecule has 1 heterocycles. The van der Waals surface area contributed by atoms with E-state index in [-0.39, 0.29) is 5.91 Å². The highest BCUT2D eigenvalue weighted by atomic mass is 35.5. The van der Waals surface area contributed by atoms with Gasteiger partial charge in [0.15, 0.2) is 0 Å². The lowest BCUT2D eigenvalue weighted by Gasteiger charge is -2.30. The number of nitrogens with zero attached hydrogens (tertiary/aromatic N) is 1. The van der Waals surface area contributed by atoms with E-state index in [1.165, 1.54) is 7.11 Å². The topological polar surface area (TPSA) is 67.9 Å². The van der Waals surface area contributed by atoms with Crippen LogP contribution >= 0.6 is 11.6 Å². The first-order valence-corrected chi connectivity index (χ1v) is 11.0. The third-order valence-corrected chi connectivity index (χ3v) is 6.05. The SMILES string of the molecule is COC(=O)[C@H](N[C@@H]1c2ccccc2C(=O)N1CCc1ccc(Cl)cc1)c1cccc(OC)c1. The molecule has 0 unspecified atom stereocenters. The van der Waals surface area contributed by atoms with Gasteiger partial charge in [0, 0.05) is 22.7 Å². The molecule has 6 nitrogen and oxygen atoms in total. The number of carbonyl (C=O) groups is 2. The summed E-state index contributed by atoms with van der Waals surface area (Å²) in [4.78, 5) is 27.8. The van der Waals surface area contributed by atoms with Crippen LogP contribution in [0.25, 0.3) is 0 Å². The number of rotatable bonds is 8. The number of methoxy groups -OCH3 is 2. The maximum Gasteiger partial charge on any atom is 0.327 e. The summed E-state index contributed by atoms with van der Waals surface area (Å²) in [6.45, 7) is 0.471. The summed E-state index contributed by atoms with van der Waals surface area (Å²) in [5, 5.41) is 4.04. The normalized spacial score (nSPS) is 15.8. The third-order valence-electron chi connectivity index (χ3n) is 5.80. The predicted molar refractivity (Wildman–Crippen MR) is 126 cm³/mol. The lowest BCUT2D eigenvalue weighted by atomic mass is 10.0. The van der Waals surface area contributed by atoms with Crippen molar-refractivity contribution in [2.75, 3.05) is 20.8 Å². The van der Waals surface area contributed by atoms with Crippen LogP contribution < -0.4 is 10.1 Å². The molecule has 7 heteroatoms. The van der Waals surface area contributed by atoms with Crippen LogP contribution in [0.4, 0.5) is 0 Å². The number of nitrogens with one attached hydrogen (secondary N) is 1. The van der Waals surface area contributed by atoms with Crippen molar-refractivity contribution in [3.8, 4) is 5.75 Å². The monoisotopic (exact) mass is 464 g/mol. The van der Waals surface area contributed by atoms with Crippen molar-refractivity contribution in [2.24, 2.45) is 0 Å². The molecule has 170 valence electrons. The fraction of sp³-hybridized carbons (Fsp3) is 0.231. The zero-order valence-electron chi connectivity index (χ0n) is 18.5. The van der Waals surface area contributed by atoms with Gasteiger partial charge in [0.25, 0.3) is 5.91 Å². The molecule has 0 radical (unpaired) electrons. The molecule has 0 fully saturated rings. The summed E-state index contributed by atoms with van der Waals surface area (Å²) < 4.78 is 10.4. The van der Waals surface area contributed by atoms with E-state index in [1.54, 1.807) is 18.1 Å². The molecule has 1 aliphatic heterocycles. The minimum absolute atomic E-state index is 0.0775. The maximum absolute atomic E-state index is 13.3. The molecule has 1 amide bonds. The number of hydrogen-bond acceptors (Lipinski definition) is 5. The highest BCUT2D eigenvalue weighted by Gasteiger charge is 2.39.